The number of rotatable bonds is 5. The molecule has 0 saturated carbocycles. The first-order chi connectivity index (χ1) is 13.2. The summed E-state index contributed by atoms with van der Waals surface area (Å²) >= 11 is 7.38. The zero-order valence-corrected chi connectivity index (χ0v) is 18.1. The Morgan fingerprint density at radius 3 is 2.86 bits per heavy atom. The second-order valence-electron chi connectivity index (χ2n) is 7.46. The van der Waals surface area contributed by atoms with E-state index in [-0.39, 0.29) is 0 Å². The Morgan fingerprint density at radius 1 is 1.50 bits per heavy atom. The third-order valence-corrected chi connectivity index (χ3v) is 6.50. The van der Waals surface area contributed by atoms with E-state index < -0.39 is 11.5 Å². The van der Waals surface area contributed by atoms with E-state index >= 15 is 0 Å². The molecule has 1 saturated heterocycles. The zero-order valence-electron chi connectivity index (χ0n) is 16.5. The second kappa shape index (κ2) is 8.37. The van der Waals surface area contributed by atoms with Gasteiger partial charge in [0.05, 0.1) is 29.8 Å². The fourth-order valence-electron chi connectivity index (χ4n) is 3.33. The van der Waals surface area contributed by atoms with Crippen LogP contribution in [0, 0.1) is 12.8 Å². The number of amides is 1. The topological polar surface area (TPSA) is 73.0 Å². The van der Waals surface area contributed by atoms with E-state index in [0.717, 1.165) is 23.6 Å². The predicted molar refractivity (Wildman–Crippen MR) is 109 cm³/mol. The number of methoxy groups -OCH3 is 1. The molecule has 6 nitrogen and oxygen atoms in total. The summed E-state index contributed by atoms with van der Waals surface area (Å²) < 4.78 is 12.8. The van der Waals surface area contributed by atoms with Crippen LogP contribution in [-0.4, -0.2) is 35.9 Å². The molecule has 1 aliphatic rings. The van der Waals surface area contributed by atoms with Gasteiger partial charge >= 0.3 is 0 Å². The van der Waals surface area contributed by atoms with E-state index in [0.29, 0.717) is 40.2 Å². The lowest BCUT2D eigenvalue weighted by atomic mass is 10.1. The average molecular weight is 425 g/mol. The molecule has 8 heteroatoms. The van der Waals surface area contributed by atoms with Crippen LogP contribution in [0.15, 0.2) is 23.2 Å². The Bertz CT molecular complexity index is 937. The molecular weight excluding hydrogens is 400 g/mol. The first-order valence-electron chi connectivity index (χ1n) is 9.14. The molecular formula is C20H25ClN2O4S. The summed E-state index contributed by atoms with van der Waals surface area (Å²) in [6.07, 6.45) is 0.968. The van der Waals surface area contributed by atoms with Crippen molar-refractivity contribution in [3.05, 3.63) is 44.2 Å². The molecule has 1 aromatic heterocycles. The smallest absolute Gasteiger partial charge is 0.283 e. The number of hydrogen-bond acceptors (Lipinski definition) is 5. The maximum Gasteiger partial charge on any atom is 0.283 e. The van der Waals surface area contributed by atoms with Crippen molar-refractivity contribution in [3.63, 3.8) is 0 Å². The van der Waals surface area contributed by atoms with Gasteiger partial charge in [-0.3, -0.25) is 4.79 Å². The van der Waals surface area contributed by atoms with E-state index in [1.807, 2.05) is 11.5 Å². The predicted octanol–water partition coefficient (Wildman–Crippen LogP) is 3.53. The van der Waals surface area contributed by atoms with Crippen LogP contribution in [0.2, 0.25) is 5.02 Å². The Kier molecular flexibility index (Phi) is 6.29. The minimum atomic E-state index is -1.02. The average Bonchev–Trinajstić information content (AvgIpc) is 3.24. The summed E-state index contributed by atoms with van der Waals surface area (Å²) in [5.74, 6) is 0.349. The van der Waals surface area contributed by atoms with Crippen molar-refractivity contribution in [2.45, 2.75) is 39.3 Å². The molecule has 28 heavy (non-hydrogen) atoms. The van der Waals surface area contributed by atoms with E-state index in [9.17, 15) is 9.90 Å². The van der Waals surface area contributed by atoms with Crippen molar-refractivity contribution < 1.29 is 19.4 Å². The number of halogens is 1. The van der Waals surface area contributed by atoms with Gasteiger partial charge in [-0.2, -0.15) is 4.99 Å². The number of nitrogens with zero attached hydrogens (tertiary/aromatic N) is 2. The van der Waals surface area contributed by atoms with Gasteiger partial charge in [0.2, 0.25) is 0 Å². The van der Waals surface area contributed by atoms with E-state index in [1.165, 1.54) is 18.4 Å². The molecule has 0 spiro atoms. The molecule has 1 fully saturated rings. The Balaban J connectivity index is 2.08. The van der Waals surface area contributed by atoms with Crippen LogP contribution in [0.25, 0.3) is 0 Å². The van der Waals surface area contributed by atoms with E-state index in [4.69, 9.17) is 21.1 Å². The zero-order chi connectivity index (χ0) is 20.5. The van der Waals surface area contributed by atoms with Gasteiger partial charge in [0.25, 0.3) is 5.91 Å². The van der Waals surface area contributed by atoms with Crippen molar-refractivity contribution in [2.24, 2.45) is 10.9 Å². The van der Waals surface area contributed by atoms with Gasteiger partial charge in [-0.05, 0) is 45.4 Å². The molecule has 0 aliphatic carbocycles. The van der Waals surface area contributed by atoms with Crippen LogP contribution in [-0.2, 0) is 16.9 Å². The highest BCUT2D eigenvalue weighted by Gasteiger charge is 2.26. The Hall–Kier alpha value is -1.67. The van der Waals surface area contributed by atoms with Gasteiger partial charge in [-0.15, -0.1) is 0 Å². The SMILES string of the molecule is COc1ccc(Cl)cc1C(=O)N=c1sc(C(C)(C)O)c(C)n1CC1CCOC1. The quantitative estimate of drug-likeness (QED) is 0.796. The van der Waals surface area contributed by atoms with Crippen LogP contribution in [0.4, 0.5) is 0 Å². The van der Waals surface area contributed by atoms with Crippen molar-refractivity contribution in [1.82, 2.24) is 4.57 Å². The first-order valence-corrected chi connectivity index (χ1v) is 10.3. The van der Waals surface area contributed by atoms with Crippen molar-refractivity contribution in [3.8, 4) is 5.75 Å². The van der Waals surface area contributed by atoms with Gasteiger partial charge in [-0.25, -0.2) is 0 Å². The number of thiazole rings is 1. The lowest BCUT2D eigenvalue weighted by Crippen LogP contribution is -2.23. The molecule has 1 N–H and O–H groups in total. The fourth-order valence-corrected chi connectivity index (χ4v) is 4.64. The molecule has 2 aromatic rings. The normalized spacial score (nSPS) is 17.9. The summed E-state index contributed by atoms with van der Waals surface area (Å²) in [6.45, 7) is 7.55. The number of aliphatic hydroxyl groups is 1. The van der Waals surface area contributed by atoms with Crippen molar-refractivity contribution >= 4 is 28.8 Å². The number of ether oxygens (including phenoxy) is 2. The number of carbonyl (C=O) groups is 1. The lowest BCUT2D eigenvalue weighted by Gasteiger charge is -2.17. The van der Waals surface area contributed by atoms with Crippen LogP contribution in [0.5, 0.6) is 5.75 Å². The molecule has 152 valence electrons. The number of hydrogen-bond donors (Lipinski definition) is 1. The molecule has 1 aromatic carbocycles. The molecule has 1 amide bonds. The second-order valence-corrected chi connectivity index (χ2v) is 8.87. The highest BCUT2D eigenvalue weighted by molar-refractivity contribution is 7.09. The first kappa shape index (κ1) is 21.0. The van der Waals surface area contributed by atoms with Gasteiger partial charge < -0.3 is 19.1 Å². The van der Waals surface area contributed by atoms with Crippen molar-refractivity contribution in [2.75, 3.05) is 20.3 Å². The molecule has 1 unspecified atom stereocenters. The summed E-state index contributed by atoms with van der Waals surface area (Å²) in [6, 6.07) is 4.87. The molecule has 0 radical (unpaired) electrons. The minimum absolute atomic E-state index is 0.307. The van der Waals surface area contributed by atoms with E-state index in [2.05, 4.69) is 4.99 Å². The molecule has 2 heterocycles. The number of aromatic nitrogens is 1. The molecule has 3 rings (SSSR count). The third kappa shape index (κ3) is 4.49. The lowest BCUT2D eigenvalue weighted by molar-refractivity contribution is 0.0812. The van der Waals surface area contributed by atoms with Crippen molar-refractivity contribution in [1.29, 1.82) is 0 Å². The maximum atomic E-state index is 12.9. The van der Waals surface area contributed by atoms with Crippen LogP contribution < -0.4 is 9.54 Å². The summed E-state index contributed by atoms with van der Waals surface area (Å²) in [7, 11) is 1.50. The highest BCUT2D eigenvalue weighted by atomic mass is 35.5. The fraction of sp³-hybridized carbons (Fsp3) is 0.500. The van der Waals surface area contributed by atoms with E-state index in [1.54, 1.807) is 32.0 Å². The van der Waals surface area contributed by atoms with Crippen LogP contribution in [0.3, 0.4) is 0 Å². The number of benzene rings is 1. The molecule has 1 atom stereocenters. The van der Waals surface area contributed by atoms with Gasteiger partial charge in [0.1, 0.15) is 5.75 Å². The monoisotopic (exact) mass is 424 g/mol. The van der Waals surface area contributed by atoms with Gasteiger partial charge in [0, 0.05) is 29.8 Å². The third-order valence-electron chi connectivity index (χ3n) is 4.77. The Labute approximate surface area is 173 Å². The number of carbonyl (C=O) groups excluding carboxylic acids is 1. The minimum Gasteiger partial charge on any atom is -0.496 e. The summed E-state index contributed by atoms with van der Waals surface area (Å²) in [5, 5.41) is 11.0. The maximum absolute atomic E-state index is 12.9. The largest absolute Gasteiger partial charge is 0.496 e. The highest BCUT2D eigenvalue weighted by Crippen LogP contribution is 2.28. The van der Waals surface area contributed by atoms with Crippen LogP contribution in [0.1, 0.15) is 41.2 Å². The Morgan fingerprint density at radius 2 is 2.25 bits per heavy atom. The molecule has 1 aliphatic heterocycles. The van der Waals surface area contributed by atoms with Gasteiger partial charge in [-0.1, -0.05) is 22.9 Å². The van der Waals surface area contributed by atoms with Crippen LogP contribution >= 0.6 is 22.9 Å². The standard InChI is InChI=1S/C20H25ClN2O4S/c1-12-17(20(2,3)25)28-19(23(12)10-13-7-8-27-11-13)22-18(24)15-9-14(21)5-6-16(15)26-4/h5-6,9,13,25H,7-8,10-11H2,1-4H3. The van der Waals surface area contributed by atoms with Gasteiger partial charge in [0.15, 0.2) is 4.80 Å². The molecule has 0 bridgehead atoms. The summed E-state index contributed by atoms with van der Waals surface area (Å²) in [4.78, 5) is 18.6. The summed E-state index contributed by atoms with van der Waals surface area (Å²) in [5.41, 5.74) is 0.198.